The van der Waals surface area contributed by atoms with Crippen LogP contribution in [0.3, 0.4) is 0 Å². The Hall–Kier alpha value is -2.76. The van der Waals surface area contributed by atoms with Gasteiger partial charge in [-0.3, -0.25) is 9.97 Å². The summed E-state index contributed by atoms with van der Waals surface area (Å²) in [6, 6.07) is 0. The van der Waals surface area contributed by atoms with Gasteiger partial charge in [0.25, 0.3) is 0 Å². The van der Waals surface area contributed by atoms with Crippen molar-refractivity contribution in [3.8, 4) is 0 Å². The molecule has 0 spiro atoms. The summed E-state index contributed by atoms with van der Waals surface area (Å²) in [5.41, 5.74) is 14.0. The van der Waals surface area contributed by atoms with Gasteiger partial charge in [-0.05, 0) is 113 Å². The Morgan fingerprint density at radius 1 is 0.606 bits per heavy atom. The molecule has 4 rings (SSSR count). The largest absolute Gasteiger partial charge is 0.395 e. The van der Waals surface area contributed by atoms with E-state index >= 15 is 0 Å². The van der Waals surface area contributed by atoms with Gasteiger partial charge in [0.2, 0.25) is 0 Å². The van der Waals surface area contributed by atoms with Gasteiger partial charge in [-0.25, -0.2) is 0 Å². The highest BCUT2D eigenvalue weighted by Crippen LogP contribution is 2.28. The van der Waals surface area contributed by atoms with Gasteiger partial charge in [-0.15, -0.1) is 0 Å². The van der Waals surface area contributed by atoms with Crippen LogP contribution < -0.4 is 0 Å². The van der Waals surface area contributed by atoms with Crippen LogP contribution in [0.2, 0.25) is 0 Å². The highest BCUT2D eigenvalue weighted by Gasteiger charge is 2.23. The van der Waals surface area contributed by atoms with Gasteiger partial charge in [0.1, 0.15) is 24.6 Å². The molecule has 0 saturated carbocycles. The minimum Gasteiger partial charge on any atom is -0.395 e. The van der Waals surface area contributed by atoms with Gasteiger partial charge >= 0.3 is 0 Å². The molecule has 176 valence electrons. The topological polar surface area (TPSA) is 69.0 Å². The average Bonchev–Trinajstić information content (AvgIpc) is 2.81. The molecule has 0 atom stereocenters. The number of hydrogen-bond acceptors (Lipinski definition) is 6. The molecule has 0 bridgehead atoms. The standard InChI is InChI=1S/C27H36N4O2/c1-16-18(3)22-10-7-12-24(26(22)28-20(16)5)30-32-14-9-15-33-31-25-13-8-11-23-19(4)17(2)21(6)29-27(23)25/h7-15H2,1-6H3/b30-24+,31-25+. The van der Waals surface area contributed by atoms with Crippen molar-refractivity contribution in [2.75, 3.05) is 13.2 Å². The molecule has 0 N–H and O–H groups in total. The fourth-order valence-electron chi connectivity index (χ4n) is 4.79. The molecule has 2 aliphatic rings. The highest BCUT2D eigenvalue weighted by atomic mass is 16.6. The lowest BCUT2D eigenvalue weighted by Crippen LogP contribution is -2.18. The van der Waals surface area contributed by atoms with E-state index in [1.807, 2.05) is 0 Å². The molecule has 2 aromatic rings. The van der Waals surface area contributed by atoms with Crippen LogP contribution in [0.1, 0.15) is 88.3 Å². The summed E-state index contributed by atoms with van der Waals surface area (Å²) < 4.78 is 0. The van der Waals surface area contributed by atoms with Gasteiger partial charge in [-0.1, -0.05) is 10.3 Å². The van der Waals surface area contributed by atoms with Crippen LogP contribution in [0.5, 0.6) is 0 Å². The van der Waals surface area contributed by atoms with E-state index in [1.165, 1.54) is 33.4 Å². The summed E-state index contributed by atoms with van der Waals surface area (Å²) in [7, 11) is 0. The van der Waals surface area contributed by atoms with E-state index in [1.54, 1.807) is 0 Å². The number of hydrogen-bond donors (Lipinski definition) is 0. The fraction of sp³-hybridized carbons (Fsp3) is 0.556. The number of aryl methyl sites for hydroxylation is 2. The van der Waals surface area contributed by atoms with Gasteiger partial charge in [0.05, 0.1) is 11.4 Å². The van der Waals surface area contributed by atoms with E-state index < -0.39 is 0 Å². The third-order valence-corrected chi connectivity index (χ3v) is 7.29. The van der Waals surface area contributed by atoms with Crippen LogP contribution in [-0.4, -0.2) is 34.6 Å². The summed E-state index contributed by atoms with van der Waals surface area (Å²) in [4.78, 5) is 20.9. The molecule has 2 heterocycles. The molecule has 33 heavy (non-hydrogen) atoms. The second-order valence-electron chi connectivity index (χ2n) is 9.35. The zero-order valence-electron chi connectivity index (χ0n) is 21.0. The van der Waals surface area contributed by atoms with Crippen molar-refractivity contribution >= 4 is 11.4 Å². The molecule has 2 aromatic heterocycles. The van der Waals surface area contributed by atoms with Crippen LogP contribution in [0.15, 0.2) is 10.3 Å². The maximum absolute atomic E-state index is 5.64. The van der Waals surface area contributed by atoms with E-state index in [2.05, 4.69) is 51.9 Å². The van der Waals surface area contributed by atoms with E-state index in [0.717, 1.165) is 79.1 Å². The number of pyridine rings is 2. The molecule has 0 aromatic carbocycles. The molecule has 0 aliphatic heterocycles. The Morgan fingerprint density at radius 2 is 1.03 bits per heavy atom. The van der Waals surface area contributed by atoms with Crippen molar-refractivity contribution in [1.29, 1.82) is 0 Å². The molecule has 0 radical (unpaired) electrons. The van der Waals surface area contributed by atoms with Crippen molar-refractivity contribution in [2.24, 2.45) is 10.3 Å². The first kappa shape index (κ1) is 23.4. The second-order valence-corrected chi connectivity index (χ2v) is 9.35. The zero-order chi connectivity index (χ0) is 23.5. The Morgan fingerprint density at radius 3 is 1.45 bits per heavy atom. The maximum Gasteiger partial charge on any atom is 0.120 e. The van der Waals surface area contributed by atoms with Crippen molar-refractivity contribution in [3.63, 3.8) is 0 Å². The summed E-state index contributed by atoms with van der Waals surface area (Å²) in [6.45, 7) is 13.8. The highest BCUT2D eigenvalue weighted by molar-refractivity contribution is 6.01. The van der Waals surface area contributed by atoms with Crippen LogP contribution in [0.25, 0.3) is 0 Å². The zero-order valence-corrected chi connectivity index (χ0v) is 21.0. The van der Waals surface area contributed by atoms with Gasteiger partial charge in [0, 0.05) is 17.8 Å². The normalized spacial score (nSPS) is 17.8. The second kappa shape index (κ2) is 10.0. The third-order valence-electron chi connectivity index (χ3n) is 7.29. The predicted molar refractivity (Wildman–Crippen MR) is 132 cm³/mol. The Kier molecular flexibility index (Phi) is 7.11. The SMILES string of the molecule is Cc1nc2c(c(C)c1C)CCC/C2=N\OCCCO/N=C1\CCCc2c1nc(C)c(C)c2C. The molecule has 0 unspecified atom stereocenters. The first-order valence-electron chi connectivity index (χ1n) is 12.2. The number of nitrogens with zero attached hydrogens (tertiary/aromatic N) is 4. The Bertz CT molecular complexity index is 1030. The first-order valence-corrected chi connectivity index (χ1v) is 12.2. The van der Waals surface area contributed by atoms with Crippen molar-refractivity contribution < 1.29 is 9.68 Å². The molecule has 6 nitrogen and oxygen atoms in total. The molecule has 0 fully saturated rings. The first-order chi connectivity index (χ1) is 15.9. The Balaban J connectivity index is 1.32. The summed E-state index contributed by atoms with van der Waals surface area (Å²) in [5.74, 6) is 0. The van der Waals surface area contributed by atoms with E-state index in [4.69, 9.17) is 19.6 Å². The summed E-state index contributed by atoms with van der Waals surface area (Å²) in [5, 5.41) is 8.87. The monoisotopic (exact) mass is 448 g/mol. The summed E-state index contributed by atoms with van der Waals surface area (Å²) >= 11 is 0. The minimum atomic E-state index is 0.500. The fourth-order valence-corrected chi connectivity index (χ4v) is 4.79. The molecular weight excluding hydrogens is 412 g/mol. The number of aromatic nitrogens is 2. The van der Waals surface area contributed by atoms with Gasteiger partial charge in [0.15, 0.2) is 0 Å². The number of oxime groups is 2. The summed E-state index contributed by atoms with van der Waals surface area (Å²) in [6.07, 6.45) is 6.88. The molecule has 0 saturated heterocycles. The molecule has 0 amide bonds. The van der Waals surface area contributed by atoms with Crippen molar-refractivity contribution in [1.82, 2.24) is 9.97 Å². The van der Waals surface area contributed by atoms with Crippen LogP contribution in [0.4, 0.5) is 0 Å². The molecule has 6 heteroatoms. The third kappa shape index (κ3) is 4.80. The van der Waals surface area contributed by atoms with Crippen molar-refractivity contribution in [3.05, 3.63) is 56.2 Å². The minimum absolute atomic E-state index is 0.500. The van der Waals surface area contributed by atoms with Crippen LogP contribution >= 0.6 is 0 Å². The average molecular weight is 449 g/mol. The van der Waals surface area contributed by atoms with E-state index in [0.29, 0.717) is 13.2 Å². The van der Waals surface area contributed by atoms with E-state index in [-0.39, 0.29) is 0 Å². The smallest absolute Gasteiger partial charge is 0.120 e. The van der Waals surface area contributed by atoms with Gasteiger partial charge in [-0.2, -0.15) is 0 Å². The maximum atomic E-state index is 5.64. The van der Waals surface area contributed by atoms with Gasteiger partial charge < -0.3 is 9.68 Å². The molecular formula is C27H36N4O2. The number of rotatable bonds is 6. The van der Waals surface area contributed by atoms with Crippen molar-refractivity contribution in [2.45, 2.75) is 86.5 Å². The lowest BCUT2D eigenvalue weighted by molar-refractivity contribution is 0.0894. The lowest BCUT2D eigenvalue weighted by Gasteiger charge is -2.21. The quantitative estimate of drug-likeness (QED) is 0.430. The van der Waals surface area contributed by atoms with Crippen LogP contribution in [0, 0.1) is 41.5 Å². The predicted octanol–water partition coefficient (Wildman–Crippen LogP) is 5.53. The number of fused-ring (bicyclic) bond motifs is 2. The Labute approximate surface area is 197 Å². The van der Waals surface area contributed by atoms with Crippen LogP contribution in [-0.2, 0) is 22.5 Å². The lowest BCUT2D eigenvalue weighted by atomic mass is 9.89. The van der Waals surface area contributed by atoms with E-state index in [9.17, 15) is 0 Å². The molecule has 2 aliphatic carbocycles.